The molecule has 17 heavy (non-hydrogen) atoms. The van der Waals surface area contributed by atoms with Crippen LogP contribution in [0.1, 0.15) is 23.8 Å². The second-order valence-corrected chi connectivity index (χ2v) is 5.36. The summed E-state index contributed by atoms with van der Waals surface area (Å²) in [5.41, 5.74) is 10.5. The summed E-state index contributed by atoms with van der Waals surface area (Å²) in [6.07, 6.45) is 0.591. The molecule has 0 saturated carbocycles. The highest BCUT2D eigenvalue weighted by molar-refractivity contribution is 7.13. The Balaban J connectivity index is 2.11. The average Bonchev–Trinajstić information content (AvgIpc) is 2.85. The van der Waals surface area contributed by atoms with Crippen molar-refractivity contribution < 1.29 is 9.59 Å². The van der Waals surface area contributed by atoms with E-state index in [1.807, 2.05) is 0 Å². The van der Waals surface area contributed by atoms with E-state index in [4.69, 9.17) is 11.5 Å². The third-order valence-corrected chi connectivity index (χ3v) is 3.77. The third-order valence-electron chi connectivity index (χ3n) is 3.10. The van der Waals surface area contributed by atoms with E-state index >= 15 is 0 Å². The molecule has 1 aliphatic heterocycles. The lowest BCUT2D eigenvalue weighted by Gasteiger charge is -2.20. The number of primary amides is 1. The predicted molar refractivity (Wildman–Crippen MR) is 64.3 cm³/mol. The Morgan fingerprint density at radius 2 is 2.29 bits per heavy atom. The lowest BCUT2D eigenvalue weighted by Crippen LogP contribution is -2.38. The van der Waals surface area contributed by atoms with Gasteiger partial charge >= 0.3 is 0 Å². The monoisotopic (exact) mass is 254 g/mol. The molecule has 0 spiro atoms. The second-order valence-electron chi connectivity index (χ2n) is 4.47. The fourth-order valence-corrected chi connectivity index (χ4v) is 2.42. The van der Waals surface area contributed by atoms with Crippen LogP contribution < -0.4 is 11.5 Å². The first-order chi connectivity index (χ1) is 7.92. The van der Waals surface area contributed by atoms with Gasteiger partial charge in [-0.1, -0.05) is 0 Å². The van der Waals surface area contributed by atoms with Crippen LogP contribution in [0, 0.1) is 5.41 Å². The smallest absolute Gasteiger partial charge is 0.273 e. The number of carbonyl (C=O) groups is 2. The van der Waals surface area contributed by atoms with Gasteiger partial charge < -0.3 is 16.4 Å². The molecule has 92 valence electrons. The van der Waals surface area contributed by atoms with Gasteiger partial charge in [-0.3, -0.25) is 9.59 Å². The van der Waals surface area contributed by atoms with Crippen LogP contribution in [0.3, 0.4) is 0 Å². The predicted octanol–water partition coefficient (Wildman–Crippen LogP) is 0.0628. The molecule has 1 saturated heterocycles. The number of likely N-dealkylation sites (tertiary alicyclic amines) is 1. The minimum Gasteiger partial charge on any atom is -0.375 e. The normalized spacial score (nSPS) is 23.9. The number of thiazole rings is 1. The summed E-state index contributed by atoms with van der Waals surface area (Å²) in [7, 11) is 0. The van der Waals surface area contributed by atoms with Crippen molar-refractivity contribution >= 4 is 28.3 Å². The number of nitrogen functional groups attached to an aromatic ring is 1. The largest absolute Gasteiger partial charge is 0.375 e. The van der Waals surface area contributed by atoms with Crippen molar-refractivity contribution in [1.82, 2.24) is 9.88 Å². The maximum atomic E-state index is 12.0. The number of aromatic nitrogens is 1. The Kier molecular flexibility index (Phi) is 2.78. The molecular formula is C10H14N4O2S. The van der Waals surface area contributed by atoms with Gasteiger partial charge in [0.1, 0.15) is 5.69 Å². The number of rotatable bonds is 2. The van der Waals surface area contributed by atoms with Crippen molar-refractivity contribution in [2.24, 2.45) is 11.1 Å². The molecule has 1 aliphatic rings. The van der Waals surface area contributed by atoms with Crippen LogP contribution in [0.25, 0.3) is 0 Å². The number of anilines is 1. The molecular weight excluding hydrogens is 240 g/mol. The Hall–Kier alpha value is -1.63. The van der Waals surface area contributed by atoms with E-state index in [0.29, 0.717) is 30.3 Å². The van der Waals surface area contributed by atoms with Crippen molar-refractivity contribution in [3.8, 4) is 0 Å². The zero-order valence-electron chi connectivity index (χ0n) is 9.47. The van der Waals surface area contributed by atoms with Gasteiger partial charge in [0, 0.05) is 18.5 Å². The Labute approximate surface area is 103 Å². The number of amides is 2. The van der Waals surface area contributed by atoms with Crippen LogP contribution in [0.15, 0.2) is 5.38 Å². The van der Waals surface area contributed by atoms with Crippen molar-refractivity contribution in [2.75, 3.05) is 18.8 Å². The topological polar surface area (TPSA) is 102 Å². The lowest BCUT2D eigenvalue weighted by molar-refractivity contribution is -0.126. The molecule has 2 heterocycles. The third kappa shape index (κ3) is 2.10. The highest BCUT2D eigenvalue weighted by Gasteiger charge is 2.41. The molecule has 1 unspecified atom stereocenters. The molecule has 1 fully saturated rings. The van der Waals surface area contributed by atoms with Gasteiger partial charge in [0.2, 0.25) is 5.91 Å². The fourth-order valence-electron chi connectivity index (χ4n) is 1.88. The van der Waals surface area contributed by atoms with Crippen LogP contribution in [0.4, 0.5) is 5.13 Å². The van der Waals surface area contributed by atoms with Crippen LogP contribution in [0.5, 0.6) is 0 Å². The van der Waals surface area contributed by atoms with Crippen LogP contribution in [-0.4, -0.2) is 34.8 Å². The van der Waals surface area contributed by atoms with Crippen LogP contribution in [-0.2, 0) is 4.79 Å². The minimum absolute atomic E-state index is 0.192. The maximum absolute atomic E-state index is 12.0. The Morgan fingerprint density at radius 1 is 1.59 bits per heavy atom. The quantitative estimate of drug-likeness (QED) is 0.779. The van der Waals surface area contributed by atoms with Gasteiger partial charge in [0.25, 0.3) is 5.91 Å². The Bertz CT molecular complexity index is 473. The standard InChI is InChI=1S/C10H14N4O2S/c1-10(8(11)16)2-3-14(5-10)7(15)6-4-17-9(12)13-6/h4H,2-3,5H2,1H3,(H2,11,16)(H2,12,13). The van der Waals surface area contributed by atoms with Crippen molar-refractivity contribution in [1.29, 1.82) is 0 Å². The number of nitrogens with zero attached hydrogens (tertiary/aromatic N) is 2. The molecule has 2 rings (SSSR count). The van der Waals surface area contributed by atoms with E-state index in [1.54, 1.807) is 17.2 Å². The van der Waals surface area contributed by atoms with E-state index in [-0.39, 0.29) is 11.8 Å². The molecule has 0 aromatic carbocycles. The molecule has 6 nitrogen and oxygen atoms in total. The highest BCUT2D eigenvalue weighted by atomic mass is 32.1. The maximum Gasteiger partial charge on any atom is 0.273 e. The minimum atomic E-state index is -0.628. The molecule has 0 bridgehead atoms. The fraction of sp³-hybridized carbons (Fsp3) is 0.500. The molecule has 4 N–H and O–H groups in total. The first-order valence-corrected chi connectivity index (χ1v) is 6.10. The lowest BCUT2D eigenvalue weighted by atomic mass is 9.89. The van der Waals surface area contributed by atoms with Gasteiger partial charge in [0.15, 0.2) is 5.13 Å². The summed E-state index contributed by atoms with van der Waals surface area (Å²) in [5, 5.41) is 1.99. The van der Waals surface area contributed by atoms with Crippen LogP contribution >= 0.6 is 11.3 Å². The average molecular weight is 254 g/mol. The summed E-state index contributed by atoms with van der Waals surface area (Å²) in [4.78, 5) is 28.8. The van der Waals surface area contributed by atoms with E-state index in [0.717, 1.165) is 0 Å². The highest BCUT2D eigenvalue weighted by Crippen LogP contribution is 2.30. The van der Waals surface area contributed by atoms with Crippen molar-refractivity contribution in [3.05, 3.63) is 11.1 Å². The van der Waals surface area contributed by atoms with E-state index in [2.05, 4.69) is 4.98 Å². The first kappa shape index (κ1) is 11.8. The molecule has 1 atom stereocenters. The van der Waals surface area contributed by atoms with Crippen molar-refractivity contribution in [2.45, 2.75) is 13.3 Å². The molecule has 1 aromatic rings. The Morgan fingerprint density at radius 3 is 2.76 bits per heavy atom. The van der Waals surface area contributed by atoms with E-state index in [9.17, 15) is 9.59 Å². The van der Waals surface area contributed by atoms with Crippen LogP contribution in [0.2, 0.25) is 0 Å². The van der Waals surface area contributed by atoms with E-state index < -0.39 is 5.41 Å². The van der Waals surface area contributed by atoms with Gasteiger partial charge in [-0.25, -0.2) is 4.98 Å². The van der Waals surface area contributed by atoms with Gasteiger partial charge in [-0.05, 0) is 13.3 Å². The zero-order valence-corrected chi connectivity index (χ0v) is 10.3. The number of carbonyl (C=O) groups excluding carboxylic acids is 2. The number of hydrogen-bond acceptors (Lipinski definition) is 5. The molecule has 1 aromatic heterocycles. The molecule has 2 amide bonds. The van der Waals surface area contributed by atoms with E-state index in [1.165, 1.54) is 11.3 Å². The molecule has 0 radical (unpaired) electrons. The summed E-state index contributed by atoms with van der Waals surface area (Å²) < 4.78 is 0. The van der Waals surface area contributed by atoms with Gasteiger partial charge in [-0.2, -0.15) is 0 Å². The SMILES string of the molecule is CC1(C(N)=O)CCN(C(=O)c2csc(N)n2)C1. The summed E-state index contributed by atoms with van der Waals surface area (Å²) in [6.45, 7) is 2.65. The van der Waals surface area contributed by atoms with Gasteiger partial charge in [-0.15, -0.1) is 11.3 Å². The number of nitrogens with two attached hydrogens (primary N) is 2. The van der Waals surface area contributed by atoms with Gasteiger partial charge in [0.05, 0.1) is 5.41 Å². The second kappa shape index (κ2) is 3.99. The first-order valence-electron chi connectivity index (χ1n) is 5.22. The van der Waals surface area contributed by atoms with Crippen molar-refractivity contribution in [3.63, 3.8) is 0 Å². The summed E-state index contributed by atoms with van der Waals surface area (Å²) >= 11 is 1.23. The zero-order chi connectivity index (χ0) is 12.6. The number of hydrogen-bond donors (Lipinski definition) is 2. The summed E-state index contributed by atoms with van der Waals surface area (Å²) in [5.74, 6) is -0.562. The molecule has 7 heteroatoms. The summed E-state index contributed by atoms with van der Waals surface area (Å²) in [6, 6.07) is 0. The molecule has 0 aliphatic carbocycles.